The quantitative estimate of drug-likeness (QED) is 0.628. The number of rotatable bonds is 6. The molecule has 0 saturated carbocycles. The SMILES string of the molecule is CCOc1cc(Cn2cc(O)n(-c3ccc(S(=O)(=O)C(F)(F)F)cc3)c2=O)ccn1. The maximum atomic E-state index is 12.7. The van der Waals surface area contributed by atoms with Crippen molar-refractivity contribution in [1.29, 1.82) is 0 Å². The summed E-state index contributed by atoms with van der Waals surface area (Å²) < 4.78 is 68.2. The van der Waals surface area contributed by atoms with E-state index < -0.39 is 31.8 Å². The van der Waals surface area contributed by atoms with Crippen molar-refractivity contribution in [3.05, 3.63) is 64.8 Å². The van der Waals surface area contributed by atoms with Gasteiger partial charge >= 0.3 is 11.2 Å². The fraction of sp³-hybridized carbons (Fsp3) is 0.222. The molecule has 0 bridgehead atoms. The summed E-state index contributed by atoms with van der Waals surface area (Å²) in [5, 5.41) is 10.1. The second-order valence-electron chi connectivity index (χ2n) is 6.11. The summed E-state index contributed by atoms with van der Waals surface area (Å²) in [6, 6.07) is 6.73. The maximum absolute atomic E-state index is 12.7. The zero-order valence-corrected chi connectivity index (χ0v) is 16.3. The van der Waals surface area contributed by atoms with E-state index in [1.165, 1.54) is 10.8 Å². The van der Waals surface area contributed by atoms with Crippen LogP contribution in [0.15, 0.2) is 58.5 Å². The van der Waals surface area contributed by atoms with E-state index in [1.54, 1.807) is 19.1 Å². The Balaban J connectivity index is 1.93. The number of hydrogen-bond donors (Lipinski definition) is 1. The van der Waals surface area contributed by atoms with E-state index in [-0.39, 0.29) is 12.2 Å². The van der Waals surface area contributed by atoms with Crippen LogP contribution in [0.5, 0.6) is 11.8 Å². The lowest BCUT2D eigenvalue weighted by atomic mass is 10.2. The standard InChI is InChI=1S/C18H16F3N3O5S/c1-2-29-15-9-12(7-8-22-15)10-23-11-16(25)24(17(23)26)13-3-5-14(6-4-13)30(27,28)18(19,20)21/h3-9,11,25H,2,10H2,1H3. The lowest BCUT2D eigenvalue weighted by molar-refractivity contribution is -0.0436. The molecule has 2 aromatic heterocycles. The second kappa shape index (κ2) is 7.86. The number of aromatic nitrogens is 3. The Bertz CT molecular complexity index is 1220. The van der Waals surface area contributed by atoms with Gasteiger partial charge in [0.05, 0.1) is 29.9 Å². The monoisotopic (exact) mass is 443 g/mol. The van der Waals surface area contributed by atoms with Gasteiger partial charge in [-0.05, 0) is 42.8 Å². The number of hydrogen-bond acceptors (Lipinski definition) is 6. The highest BCUT2D eigenvalue weighted by Gasteiger charge is 2.46. The van der Waals surface area contributed by atoms with Crippen LogP contribution in [0.1, 0.15) is 12.5 Å². The zero-order chi connectivity index (χ0) is 22.1. The van der Waals surface area contributed by atoms with Gasteiger partial charge in [-0.1, -0.05) is 0 Å². The highest BCUT2D eigenvalue weighted by molar-refractivity contribution is 7.92. The number of pyridine rings is 1. The molecule has 0 radical (unpaired) electrons. The minimum atomic E-state index is -5.51. The number of aromatic hydroxyl groups is 1. The first kappa shape index (κ1) is 21.4. The minimum absolute atomic E-state index is 0.00195. The van der Waals surface area contributed by atoms with Gasteiger partial charge in [0.1, 0.15) is 0 Å². The first-order chi connectivity index (χ1) is 14.0. The number of alkyl halides is 3. The molecule has 3 rings (SSSR count). The summed E-state index contributed by atoms with van der Waals surface area (Å²) in [5.74, 6) is -0.0984. The van der Waals surface area contributed by atoms with Crippen molar-refractivity contribution >= 4 is 9.84 Å². The Morgan fingerprint density at radius 3 is 2.43 bits per heavy atom. The van der Waals surface area contributed by atoms with Crippen LogP contribution >= 0.6 is 0 Å². The predicted octanol–water partition coefficient (Wildman–Crippen LogP) is 2.48. The molecule has 0 unspecified atom stereocenters. The van der Waals surface area contributed by atoms with E-state index in [0.717, 1.165) is 35.0 Å². The number of benzene rings is 1. The van der Waals surface area contributed by atoms with Gasteiger partial charge in [-0.2, -0.15) is 13.2 Å². The van der Waals surface area contributed by atoms with Gasteiger partial charge in [0.25, 0.3) is 9.84 Å². The van der Waals surface area contributed by atoms with Crippen LogP contribution in [-0.4, -0.2) is 39.8 Å². The molecule has 160 valence electrons. The molecule has 0 spiro atoms. The van der Waals surface area contributed by atoms with E-state index in [1.807, 2.05) is 0 Å². The highest BCUT2D eigenvalue weighted by Crippen LogP contribution is 2.30. The highest BCUT2D eigenvalue weighted by atomic mass is 32.2. The van der Waals surface area contributed by atoms with E-state index >= 15 is 0 Å². The minimum Gasteiger partial charge on any atom is -0.493 e. The number of nitrogens with zero attached hydrogens (tertiary/aromatic N) is 3. The van der Waals surface area contributed by atoms with Crippen LogP contribution in [0.4, 0.5) is 13.2 Å². The van der Waals surface area contributed by atoms with E-state index in [9.17, 15) is 31.5 Å². The molecule has 0 atom stereocenters. The summed E-state index contributed by atoms with van der Waals surface area (Å²) in [5.41, 5.74) is -5.45. The molecular weight excluding hydrogens is 427 g/mol. The van der Waals surface area contributed by atoms with Crippen molar-refractivity contribution in [2.45, 2.75) is 23.9 Å². The van der Waals surface area contributed by atoms with Crippen molar-refractivity contribution in [3.63, 3.8) is 0 Å². The number of ether oxygens (including phenoxy) is 1. The van der Waals surface area contributed by atoms with Gasteiger partial charge in [-0.25, -0.2) is 22.8 Å². The normalized spacial score (nSPS) is 12.1. The third-order valence-electron chi connectivity index (χ3n) is 4.09. The van der Waals surface area contributed by atoms with Crippen LogP contribution < -0.4 is 10.4 Å². The van der Waals surface area contributed by atoms with Crippen molar-refractivity contribution in [1.82, 2.24) is 14.1 Å². The summed E-state index contributed by atoms with van der Waals surface area (Å²) in [6.45, 7) is 2.28. The molecule has 0 aliphatic rings. The van der Waals surface area contributed by atoms with E-state index in [0.29, 0.717) is 18.1 Å². The molecule has 0 amide bonds. The molecule has 2 heterocycles. The second-order valence-corrected chi connectivity index (χ2v) is 8.05. The first-order valence-electron chi connectivity index (χ1n) is 8.55. The van der Waals surface area contributed by atoms with E-state index in [2.05, 4.69) is 4.98 Å². The van der Waals surface area contributed by atoms with Crippen molar-refractivity contribution < 1.29 is 31.4 Å². The topological polar surface area (TPSA) is 103 Å². The Labute approximate surface area is 168 Å². The Morgan fingerprint density at radius 2 is 1.83 bits per heavy atom. The molecule has 30 heavy (non-hydrogen) atoms. The van der Waals surface area contributed by atoms with Crippen LogP contribution in [0.25, 0.3) is 5.69 Å². The summed E-state index contributed by atoms with van der Waals surface area (Å²) in [6.07, 6.45) is 2.66. The molecule has 3 aromatic rings. The molecule has 0 saturated heterocycles. The third-order valence-corrected chi connectivity index (χ3v) is 5.59. The Hall–Kier alpha value is -3.28. The number of halogens is 3. The van der Waals surface area contributed by atoms with E-state index in [4.69, 9.17) is 4.74 Å². The molecule has 1 aromatic carbocycles. The van der Waals surface area contributed by atoms with Crippen LogP contribution in [0, 0.1) is 0 Å². The van der Waals surface area contributed by atoms with Gasteiger partial charge < -0.3 is 9.84 Å². The lowest BCUT2D eigenvalue weighted by Crippen LogP contribution is -2.24. The van der Waals surface area contributed by atoms with Gasteiger partial charge in [-0.3, -0.25) is 4.57 Å². The smallest absolute Gasteiger partial charge is 0.493 e. The molecule has 8 nitrogen and oxygen atoms in total. The first-order valence-corrected chi connectivity index (χ1v) is 10.0. The summed E-state index contributed by atoms with van der Waals surface area (Å²) in [4.78, 5) is 15.7. The van der Waals surface area contributed by atoms with Gasteiger partial charge in [0, 0.05) is 12.3 Å². The van der Waals surface area contributed by atoms with Gasteiger partial charge in [0.15, 0.2) is 0 Å². The third kappa shape index (κ3) is 4.03. The maximum Gasteiger partial charge on any atom is 0.501 e. The molecule has 0 aliphatic heterocycles. The fourth-order valence-electron chi connectivity index (χ4n) is 2.72. The predicted molar refractivity (Wildman–Crippen MR) is 99.4 cm³/mol. The fourth-order valence-corrected chi connectivity index (χ4v) is 3.48. The average Bonchev–Trinajstić information content (AvgIpc) is 2.95. The lowest BCUT2D eigenvalue weighted by Gasteiger charge is -2.09. The summed E-state index contributed by atoms with van der Waals surface area (Å²) >= 11 is 0. The van der Waals surface area contributed by atoms with Gasteiger partial charge in [-0.15, -0.1) is 0 Å². The van der Waals surface area contributed by atoms with Crippen LogP contribution in [0.2, 0.25) is 0 Å². The molecule has 0 aliphatic carbocycles. The number of imidazole rings is 1. The average molecular weight is 443 g/mol. The van der Waals surface area contributed by atoms with Crippen molar-refractivity contribution in [2.24, 2.45) is 0 Å². The number of sulfone groups is 1. The zero-order valence-electron chi connectivity index (χ0n) is 15.5. The van der Waals surface area contributed by atoms with Crippen molar-refractivity contribution in [2.75, 3.05) is 6.61 Å². The molecular formula is C18H16F3N3O5S. The Morgan fingerprint density at radius 1 is 1.17 bits per heavy atom. The largest absolute Gasteiger partial charge is 0.501 e. The van der Waals surface area contributed by atoms with Crippen LogP contribution in [0.3, 0.4) is 0 Å². The molecule has 1 N–H and O–H groups in total. The van der Waals surface area contributed by atoms with Crippen LogP contribution in [-0.2, 0) is 16.4 Å². The van der Waals surface area contributed by atoms with Crippen molar-refractivity contribution in [3.8, 4) is 17.4 Å². The Kier molecular flexibility index (Phi) is 5.61. The summed E-state index contributed by atoms with van der Waals surface area (Å²) in [7, 11) is -5.51. The van der Waals surface area contributed by atoms with Gasteiger partial charge in [0.2, 0.25) is 11.8 Å². The molecule has 0 fully saturated rings. The molecule has 12 heteroatoms.